The van der Waals surface area contributed by atoms with E-state index in [0.717, 1.165) is 96.3 Å². The largest absolute Gasteiger partial charge is 0.477 e. The number of nitrogens with zero attached hydrogens (tertiary/aromatic N) is 1. The van der Waals surface area contributed by atoms with Gasteiger partial charge in [-0.3, -0.25) is 9.59 Å². The molecule has 0 spiro atoms. The number of hydrogen-bond donors (Lipinski definition) is 1. The zero-order chi connectivity index (χ0) is 69.0. The Morgan fingerprint density at radius 3 is 0.895 bits per heavy atom. The quantitative estimate of drug-likeness (QED) is 0.0211. The molecule has 1 N–H and O–H groups in total. The highest BCUT2D eigenvalue weighted by Crippen LogP contribution is 2.19. The molecule has 0 saturated carbocycles. The molecule has 2 unspecified atom stereocenters. The highest BCUT2D eigenvalue weighted by atomic mass is 16.7. The first-order valence-corrected chi connectivity index (χ1v) is 40.1. The van der Waals surface area contributed by atoms with Gasteiger partial charge >= 0.3 is 17.9 Å². The predicted octanol–water partition coefficient (Wildman–Crippen LogP) is 25.7. The van der Waals surface area contributed by atoms with Crippen LogP contribution >= 0.6 is 0 Å². The van der Waals surface area contributed by atoms with E-state index < -0.39 is 24.3 Å². The molecule has 2 atom stereocenters. The second-order valence-electron chi connectivity index (χ2n) is 28.0. The second kappa shape index (κ2) is 75.7. The van der Waals surface area contributed by atoms with Crippen LogP contribution in [0, 0.1) is 0 Å². The summed E-state index contributed by atoms with van der Waals surface area (Å²) in [4.78, 5) is 37.7. The lowest BCUT2D eigenvalue weighted by Gasteiger charge is -2.25. The summed E-state index contributed by atoms with van der Waals surface area (Å²) in [6.07, 6.45) is 104. The smallest absolute Gasteiger partial charge is 0.361 e. The van der Waals surface area contributed by atoms with Crippen molar-refractivity contribution < 1.29 is 42.9 Å². The molecule has 0 saturated heterocycles. The molecule has 0 aromatic rings. The maximum absolute atomic E-state index is 13.0. The number of carbonyl (C=O) groups excluding carboxylic acids is 2. The van der Waals surface area contributed by atoms with Gasteiger partial charge in [-0.2, -0.15) is 0 Å². The summed E-state index contributed by atoms with van der Waals surface area (Å²) in [5.41, 5.74) is 0. The number of carboxylic acids is 1. The van der Waals surface area contributed by atoms with Crippen LogP contribution in [-0.4, -0.2) is 87.4 Å². The SMILES string of the molecule is CC/C=C\C/C=C\C/C=C\C/C=C\C/C=C\C/C=C\C/C=C\CCCCCCCCCC(=O)OC(COC(=O)CCCCCCCCCCCCCCCCCCCCCCCCCCCCCCC/C=C\C/C=C\CCCCCCC)COC(OCC[N+](C)(C)C)C(=O)O. The van der Waals surface area contributed by atoms with Gasteiger partial charge < -0.3 is 28.5 Å². The lowest BCUT2D eigenvalue weighted by atomic mass is 10.0. The van der Waals surface area contributed by atoms with Crippen LogP contribution in [0.15, 0.2) is 109 Å². The standard InChI is InChI=1S/C86H151NO8/c1-6-8-10-12-14-16-18-20-22-24-26-28-30-32-34-36-37-38-39-40-41-42-43-44-45-46-47-49-50-52-54-56-58-60-62-64-66-68-70-72-74-76-83(88)93-80-82(81-94-86(85(90)91)92-79-78-87(3,4)5)95-84(89)77-75-73-71-69-67-65-63-61-59-57-55-53-51-48-35-33-31-29-27-25-23-21-19-17-15-13-11-9-7-2/h9,11,15,17-18,20-21,23-24,26-27,29,33,35,51,53,57,59,82,86H,6-8,10,12-14,16,19,22,25,28,30-32,34,36-50,52,54-56,58,60-81H2,1-5H3/p+1/b11-9-,17-15-,20-18-,23-21-,26-24-,29-27-,35-33-,53-51-,59-57-. The molecule has 9 nitrogen and oxygen atoms in total. The Bertz CT molecular complexity index is 1930. The molecule has 0 aromatic carbocycles. The number of likely N-dealkylation sites (N-methyl/N-ethyl adjacent to an activating group) is 1. The van der Waals surface area contributed by atoms with E-state index in [1.54, 1.807) is 0 Å². The number of quaternary nitrogens is 1. The predicted molar refractivity (Wildman–Crippen MR) is 410 cm³/mol. The van der Waals surface area contributed by atoms with Crippen LogP contribution in [0.4, 0.5) is 0 Å². The molecule has 0 aliphatic heterocycles. The number of carboxylic acid groups (broad SMARTS) is 1. The van der Waals surface area contributed by atoms with Crippen LogP contribution in [0.25, 0.3) is 0 Å². The third-order valence-electron chi connectivity index (χ3n) is 17.5. The molecule has 0 aromatic heterocycles. The van der Waals surface area contributed by atoms with E-state index in [9.17, 15) is 19.5 Å². The summed E-state index contributed by atoms with van der Waals surface area (Å²) in [5.74, 6) is -2.01. The van der Waals surface area contributed by atoms with Gasteiger partial charge in [-0.05, 0) is 103 Å². The number of rotatable bonds is 74. The zero-order valence-electron chi connectivity index (χ0n) is 62.8. The lowest BCUT2D eigenvalue weighted by Crippen LogP contribution is -2.40. The number of carbonyl (C=O) groups is 3. The molecule has 0 fully saturated rings. The molecule has 9 heteroatoms. The van der Waals surface area contributed by atoms with Gasteiger partial charge in [0.05, 0.1) is 34.4 Å². The van der Waals surface area contributed by atoms with Crippen LogP contribution in [0.3, 0.4) is 0 Å². The topological polar surface area (TPSA) is 108 Å². The van der Waals surface area contributed by atoms with Crippen LogP contribution in [0.5, 0.6) is 0 Å². The highest BCUT2D eigenvalue weighted by molar-refractivity contribution is 5.71. The molecular weight excluding hydrogens is 1170 g/mol. The van der Waals surface area contributed by atoms with E-state index in [2.05, 4.69) is 123 Å². The molecule has 0 radical (unpaired) electrons. The number of unbranched alkanes of at least 4 members (excludes halogenated alkanes) is 41. The van der Waals surface area contributed by atoms with E-state index in [4.69, 9.17) is 18.9 Å². The van der Waals surface area contributed by atoms with E-state index in [1.807, 2.05) is 21.1 Å². The van der Waals surface area contributed by atoms with Crippen LogP contribution in [0.2, 0.25) is 0 Å². The first kappa shape index (κ1) is 91.0. The van der Waals surface area contributed by atoms with E-state index in [-0.39, 0.29) is 32.2 Å². The number of esters is 2. The third kappa shape index (κ3) is 77.2. The first-order chi connectivity index (χ1) is 46.6. The van der Waals surface area contributed by atoms with Crippen molar-refractivity contribution in [3.63, 3.8) is 0 Å². The maximum Gasteiger partial charge on any atom is 0.361 e. The summed E-state index contributed by atoms with van der Waals surface area (Å²) >= 11 is 0. The minimum absolute atomic E-state index is 0.182. The van der Waals surface area contributed by atoms with Crippen molar-refractivity contribution in [2.45, 2.75) is 373 Å². The summed E-state index contributed by atoms with van der Waals surface area (Å²) in [6.45, 7) is 4.77. The number of hydrogen-bond acceptors (Lipinski definition) is 7. The van der Waals surface area contributed by atoms with Crippen molar-refractivity contribution in [2.24, 2.45) is 0 Å². The summed E-state index contributed by atoms with van der Waals surface area (Å²) in [6, 6.07) is 0. The van der Waals surface area contributed by atoms with Crippen molar-refractivity contribution in [1.82, 2.24) is 0 Å². The third-order valence-corrected chi connectivity index (χ3v) is 17.5. The highest BCUT2D eigenvalue weighted by Gasteiger charge is 2.25. The molecule has 0 heterocycles. The van der Waals surface area contributed by atoms with Gasteiger partial charge in [-0.15, -0.1) is 0 Å². The molecule has 95 heavy (non-hydrogen) atoms. The number of aliphatic carboxylic acids is 1. The van der Waals surface area contributed by atoms with Gasteiger partial charge in [0.15, 0.2) is 6.10 Å². The monoisotopic (exact) mass is 1330 g/mol. The lowest BCUT2D eigenvalue weighted by molar-refractivity contribution is -0.870. The average Bonchev–Trinajstić information content (AvgIpc) is 2.86. The van der Waals surface area contributed by atoms with Crippen molar-refractivity contribution >= 4 is 17.9 Å². The molecule has 0 bridgehead atoms. The molecule has 548 valence electrons. The van der Waals surface area contributed by atoms with Crippen LogP contribution in [-0.2, 0) is 33.3 Å². The number of ether oxygens (including phenoxy) is 4. The van der Waals surface area contributed by atoms with E-state index in [0.29, 0.717) is 23.9 Å². The fraction of sp³-hybridized carbons (Fsp3) is 0.756. The minimum Gasteiger partial charge on any atom is -0.477 e. The molecular formula is C86H152NO8+. The number of allylic oxidation sites excluding steroid dienone is 18. The summed E-state index contributed by atoms with van der Waals surface area (Å²) in [7, 11) is 5.98. The Balaban J connectivity index is 4.00. The Kier molecular flexibility index (Phi) is 72.5. The Morgan fingerprint density at radius 1 is 0.326 bits per heavy atom. The van der Waals surface area contributed by atoms with Crippen molar-refractivity contribution in [3.05, 3.63) is 109 Å². The molecule has 0 aliphatic carbocycles. The van der Waals surface area contributed by atoms with Gasteiger partial charge in [0, 0.05) is 12.8 Å². The Hall–Kier alpha value is -4.05. The normalized spacial score (nSPS) is 13.2. The van der Waals surface area contributed by atoms with Crippen LogP contribution < -0.4 is 0 Å². The minimum atomic E-state index is -1.52. The van der Waals surface area contributed by atoms with Crippen molar-refractivity contribution in [1.29, 1.82) is 0 Å². The maximum atomic E-state index is 13.0. The van der Waals surface area contributed by atoms with E-state index >= 15 is 0 Å². The van der Waals surface area contributed by atoms with Gasteiger partial charge in [-0.1, -0.05) is 354 Å². The zero-order valence-corrected chi connectivity index (χ0v) is 62.8. The summed E-state index contributed by atoms with van der Waals surface area (Å²) in [5, 5.41) is 9.77. The van der Waals surface area contributed by atoms with Gasteiger partial charge in [0.25, 0.3) is 6.29 Å². The van der Waals surface area contributed by atoms with Gasteiger partial charge in [0.1, 0.15) is 13.2 Å². The Labute approximate surface area is 587 Å². The Morgan fingerprint density at radius 2 is 0.600 bits per heavy atom. The molecule has 0 amide bonds. The molecule has 0 aliphatic rings. The second-order valence-corrected chi connectivity index (χ2v) is 28.0. The fourth-order valence-electron chi connectivity index (χ4n) is 11.4. The van der Waals surface area contributed by atoms with Crippen molar-refractivity contribution in [2.75, 3.05) is 47.5 Å². The van der Waals surface area contributed by atoms with Gasteiger partial charge in [0.2, 0.25) is 0 Å². The fourth-order valence-corrected chi connectivity index (χ4v) is 11.4. The average molecular weight is 1330 g/mol. The van der Waals surface area contributed by atoms with Crippen LogP contribution in [0.1, 0.15) is 361 Å². The van der Waals surface area contributed by atoms with Crippen molar-refractivity contribution in [3.8, 4) is 0 Å². The molecule has 0 rings (SSSR count). The van der Waals surface area contributed by atoms with Gasteiger partial charge in [-0.25, -0.2) is 4.79 Å². The first-order valence-electron chi connectivity index (χ1n) is 40.1. The van der Waals surface area contributed by atoms with E-state index in [1.165, 1.54) is 231 Å². The summed E-state index contributed by atoms with van der Waals surface area (Å²) < 4.78 is 23.0.